The number of nitrogens with zero attached hydrogens (tertiary/aromatic N) is 1. The van der Waals surface area contributed by atoms with Gasteiger partial charge in [0.25, 0.3) is 0 Å². The van der Waals surface area contributed by atoms with Crippen LogP contribution in [0.25, 0.3) is 53.5 Å². The van der Waals surface area contributed by atoms with Gasteiger partial charge in [0.2, 0.25) is 0 Å². The molecule has 0 aliphatic carbocycles. The molecule has 0 saturated carbocycles. The molecular weight excluding hydrogens is 485 g/mol. The van der Waals surface area contributed by atoms with Crippen LogP contribution in [0.4, 0.5) is 0 Å². The summed E-state index contributed by atoms with van der Waals surface area (Å²) in [6.07, 6.45) is 0. The molecule has 38 heavy (non-hydrogen) atoms. The molecule has 2 aromatic heterocycles. The summed E-state index contributed by atoms with van der Waals surface area (Å²) in [4.78, 5) is 5.30. The van der Waals surface area contributed by atoms with Crippen molar-refractivity contribution in [2.24, 2.45) is 0 Å². The first-order chi connectivity index (χ1) is 18.3. The molecule has 1 fully saturated rings. The van der Waals surface area contributed by atoms with Gasteiger partial charge in [-0.15, -0.1) is 11.3 Å². The largest absolute Gasteiger partial charge is 0.494 e. The van der Waals surface area contributed by atoms with Crippen LogP contribution >= 0.6 is 11.3 Å². The SMILES string of the molecule is CC1(C)OB(c2ccc(-c3nc4cc(-c5ccccc5)ccc4c4sc5ccccc5c34)cc2)OC1(C)C. The van der Waals surface area contributed by atoms with Crippen LogP contribution in [0, 0.1) is 0 Å². The molecule has 186 valence electrons. The Balaban J connectivity index is 1.40. The van der Waals surface area contributed by atoms with Gasteiger partial charge in [0.05, 0.1) is 22.4 Å². The van der Waals surface area contributed by atoms with Gasteiger partial charge in [-0.05, 0) is 56.4 Å². The van der Waals surface area contributed by atoms with Gasteiger partial charge in [0.15, 0.2) is 0 Å². The quantitative estimate of drug-likeness (QED) is 0.223. The summed E-state index contributed by atoms with van der Waals surface area (Å²) in [6.45, 7) is 8.34. The van der Waals surface area contributed by atoms with E-state index in [1.165, 1.54) is 36.7 Å². The molecule has 0 N–H and O–H groups in total. The Bertz CT molecular complexity index is 1810. The maximum absolute atomic E-state index is 6.29. The van der Waals surface area contributed by atoms with Crippen molar-refractivity contribution < 1.29 is 9.31 Å². The predicted octanol–water partition coefficient (Wildman–Crippen LogP) is 8.24. The van der Waals surface area contributed by atoms with Crippen molar-refractivity contribution in [2.45, 2.75) is 38.9 Å². The van der Waals surface area contributed by atoms with E-state index in [2.05, 4.69) is 125 Å². The topological polar surface area (TPSA) is 31.4 Å². The lowest BCUT2D eigenvalue weighted by Crippen LogP contribution is -2.41. The van der Waals surface area contributed by atoms with Gasteiger partial charge >= 0.3 is 7.12 Å². The predicted molar refractivity (Wildman–Crippen MR) is 161 cm³/mol. The molecule has 0 radical (unpaired) electrons. The van der Waals surface area contributed by atoms with E-state index in [9.17, 15) is 0 Å². The minimum atomic E-state index is -0.381. The molecule has 4 aromatic carbocycles. The highest BCUT2D eigenvalue weighted by Gasteiger charge is 2.51. The molecule has 1 aliphatic rings. The molecule has 5 heteroatoms. The van der Waals surface area contributed by atoms with E-state index < -0.39 is 0 Å². The Kier molecular flexibility index (Phi) is 5.28. The third kappa shape index (κ3) is 3.69. The van der Waals surface area contributed by atoms with Crippen LogP contribution in [-0.4, -0.2) is 23.3 Å². The van der Waals surface area contributed by atoms with Crippen LogP contribution in [-0.2, 0) is 9.31 Å². The number of hydrogen-bond acceptors (Lipinski definition) is 4. The number of pyridine rings is 1. The first kappa shape index (κ1) is 23.6. The molecule has 3 heterocycles. The van der Waals surface area contributed by atoms with Crippen LogP contribution in [0.3, 0.4) is 0 Å². The molecule has 0 bridgehead atoms. The van der Waals surface area contributed by atoms with Gasteiger partial charge in [-0.2, -0.15) is 0 Å². The Morgan fingerprint density at radius 3 is 2.05 bits per heavy atom. The van der Waals surface area contributed by atoms with Crippen molar-refractivity contribution in [3.8, 4) is 22.4 Å². The van der Waals surface area contributed by atoms with Crippen LogP contribution in [0.2, 0.25) is 0 Å². The number of hydrogen-bond donors (Lipinski definition) is 0. The van der Waals surface area contributed by atoms with E-state index in [0.29, 0.717) is 0 Å². The number of rotatable bonds is 3. The van der Waals surface area contributed by atoms with Crippen molar-refractivity contribution in [2.75, 3.05) is 0 Å². The van der Waals surface area contributed by atoms with Crippen molar-refractivity contribution in [1.29, 1.82) is 0 Å². The molecule has 6 aromatic rings. The van der Waals surface area contributed by atoms with Crippen LogP contribution < -0.4 is 5.46 Å². The average molecular weight is 513 g/mol. The molecule has 3 nitrogen and oxygen atoms in total. The van der Waals surface area contributed by atoms with Gasteiger partial charge in [-0.25, -0.2) is 4.98 Å². The molecule has 7 rings (SSSR count). The van der Waals surface area contributed by atoms with E-state index in [1.807, 2.05) is 11.3 Å². The zero-order valence-electron chi connectivity index (χ0n) is 22.0. The van der Waals surface area contributed by atoms with Crippen molar-refractivity contribution in [1.82, 2.24) is 4.98 Å². The Labute approximate surface area is 227 Å². The highest BCUT2D eigenvalue weighted by atomic mass is 32.1. The lowest BCUT2D eigenvalue weighted by molar-refractivity contribution is 0.00578. The van der Waals surface area contributed by atoms with Gasteiger partial charge in [-0.1, -0.05) is 84.9 Å². The fraction of sp³-hybridized carbons (Fsp3) is 0.182. The van der Waals surface area contributed by atoms with Crippen molar-refractivity contribution >= 4 is 55.0 Å². The lowest BCUT2D eigenvalue weighted by Gasteiger charge is -2.32. The maximum Gasteiger partial charge on any atom is 0.494 e. The molecule has 1 aliphatic heterocycles. The molecule has 0 unspecified atom stereocenters. The molecular formula is C33H28BNO2S. The molecule has 0 spiro atoms. The van der Waals surface area contributed by atoms with E-state index in [1.54, 1.807) is 0 Å². The minimum Gasteiger partial charge on any atom is -0.399 e. The smallest absolute Gasteiger partial charge is 0.399 e. The third-order valence-corrected chi connectivity index (χ3v) is 9.33. The summed E-state index contributed by atoms with van der Waals surface area (Å²) in [5.74, 6) is 0. The fourth-order valence-corrected chi connectivity index (χ4v) is 6.50. The number of aromatic nitrogens is 1. The number of benzene rings is 4. The summed E-state index contributed by atoms with van der Waals surface area (Å²) in [7, 11) is -0.381. The standard InChI is InChI=1S/C33H28BNO2S/c1-32(2)33(3,4)37-34(36-32)24-17-14-22(15-18-24)30-29-26-12-8-9-13-28(26)38-31(29)25-19-16-23(20-27(25)35-30)21-10-6-5-7-11-21/h5-20H,1-4H3. The summed E-state index contributed by atoms with van der Waals surface area (Å²) in [6, 6.07) is 34.3. The van der Waals surface area contributed by atoms with E-state index in [-0.39, 0.29) is 18.3 Å². The molecule has 1 saturated heterocycles. The van der Waals surface area contributed by atoms with Gasteiger partial charge in [-0.3, -0.25) is 0 Å². The second kappa shape index (κ2) is 8.50. The number of thiophene rings is 1. The molecule has 0 amide bonds. The zero-order valence-corrected chi connectivity index (χ0v) is 22.8. The Morgan fingerprint density at radius 2 is 1.32 bits per heavy atom. The van der Waals surface area contributed by atoms with Crippen LogP contribution in [0.5, 0.6) is 0 Å². The first-order valence-electron chi connectivity index (χ1n) is 13.1. The number of fused-ring (bicyclic) bond motifs is 5. The van der Waals surface area contributed by atoms with Crippen LogP contribution in [0.15, 0.2) is 97.1 Å². The van der Waals surface area contributed by atoms with Gasteiger partial charge in [0.1, 0.15) is 0 Å². The van der Waals surface area contributed by atoms with Crippen molar-refractivity contribution in [3.05, 3.63) is 97.1 Å². The second-order valence-electron chi connectivity index (χ2n) is 11.1. The monoisotopic (exact) mass is 513 g/mol. The maximum atomic E-state index is 6.29. The Morgan fingerprint density at radius 1 is 0.658 bits per heavy atom. The van der Waals surface area contributed by atoms with E-state index >= 15 is 0 Å². The summed E-state index contributed by atoms with van der Waals surface area (Å²) >= 11 is 1.84. The zero-order chi connectivity index (χ0) is 26.1. The van der Waals surface area contributed by atoms with E-state index in [0.717, 1.165) is 22.2 Å². The summed E-state index contributed by atoms with van der Waals surface area (Å²) in [5, 5.41) is 3.66. The molecule has 0 atom stereocenters. The van der Waals surface area contributed by atoms with Gasteiger partial charge in [0, 0.05) is 31.1 Å². The lowest BCUT2D eigenvalue weighted by atomic mass is 9.78. The highest BCUT2D eigenvalue weighted by molar-refractivity contribution is 7.26. The summed E-state index contributed by atoms with van der Waals surface area (Å²) < 4.78 is 15.1. The van der Waals surface area contributed by atoms with Gasteiger partial charge < -0.3 is 9.31 Å². The second-order valence-corrected chi connectivity index (χ2v) is 12.1. The highest BCUT2D eigenvalue weighted by Crippen LogP contribution is 2.43. The first-order valence-corrected chi connectivity index (χ1v) is 13.9. The Hall–Kier alpha value is -3.51. The minimum absolute atomic E-state index is 0.367. The van der Waals surface area contributed by atoms with Crippen molar-refractivity contribution in [3.63, 3.8) is 0 Å². The van der Waals surface area contributed by atoms with Crippen LogP contribution in [0.1, 0.15) is 27.7 Å². The normalized spacial score (nSPS) is 16.6. The fourth-order valence-electron chi connectivity index (χ4n) is 5.26. The summed E-state index contributed by atoms with van der Waals surface area (Å²) in [5.41, 5.74) is 5.76. The average Bonchev–Trinajstić information content (AvgIpc) is 3.42. The van der Waals surface area contributed by atoms with E-state index in [4.69, 9.17) is 14.3 Å². The third-order valence-electron chi connectivity index (χ3n) is 8.12.